The molecule has 0 aliphatic rings. The average molecular weight is 261 g/mol. The number of carbonyl (C=O) groups is 1. The average Bonchev–Trinajstić information content (AvgIpc) is 2.65. The normalized spacial score (nSPS) is 10.6. The maximum atomic E-state index is 11.0. The third-order valence-electron chi connectivity index (χ3n) is 3.06. The van der Waals surface area contributed by atoms with E-state index >= 15 is 0 Å². The van der Waals surface area contributed by atoms with Gasteiger partial charge in [0.2, 0.25) is 0 Å². The lowest BCUT2D eigenvalue weighted by Gasteiger charge is -2.07. The van der Waals surface area contributed by atoms with Crippen molar-refractivity contribution in [2.75, 3.05) is 5.73 Å². The van der Waals surface area contributed by atoms with Crippen LogP contribution < -0.4 is 5.73 Å². The summed E-state index contributed by atoms with van der Waals surface area (Å²) >= 11 is 1.22. The zero-order chi connectivity index (χ0) is 13.4. The standard InChI is InChI=1S/C14H15NO2S/c1-7-4-9(3)10(5-8(7)2)12-6-11(15)13(18-12)14(16)17/h4-6H,15H2,1-3H3,(H,16,17). The number of nitrogens with two attached hydrogens (primary N) is 1. The molecule has 0 aliphatic carbocycles. The van der Waals surface area contributed by atoms with E-state index in [9.17, 15) is 4.79 Å². The van der Waals surface area contributed by atoms with Crippen LogP contribution in [0.4, 0.5) is 5.69 Å². The summed E-state index contributed by atoms with van der Waals surface area (Å²) in [6.07, 6.45) is 0. The highest BCUT2D eigenvalue weighted by Gasteiger charge is 2.15. The van der Waals surface area contributed by atoms with Gasteiger partial charge in [-0.2, -0.15) is 0 Å². The molecule has 1 aromatic heterocycles. The molecule has 1 aromatic carbocycles. The second-order valence-electron chi connectivity index (χ2n) is 4.45. The van der Waals surface area contributed by atoms with Crippen molar-refractivity contribution in [1.29, 1.82) is 0 Å². The minimum atomic E-state index is -0.967. The Kier molecular flexibility index (Phi) is 3.13. The summed E-state index contributed by atoms with van der Waals surface area (Å²) in [6, 6.07) is 5.94. The van der Waals surface area contributed by atoms with E-state index in [1.807, 2.05) is 13.8 Å². The van der Waals surface area contributed by atoms with Gasteiger partial charge in [-0.15, -0.1) is 11.3 Å². The van der Waals surface area contributed by atoms with E-state index in [4.69, 9.17) is 10.8 Å². The van der Waals surface area contributed by atoms with E-state index in [0.29, 0.717) is 5.69 Å². The number of thiophene rings is 1. The maximum Gasteiger partial charge on any atom is 0.348 e. The molecule has 0 saturated carbocycles. The molecule has 4 heteroatoms. The van der Waals surface area contributed by atoms with Crippen LogP contribution in [0.1, 0.15) is 26.4 Å². The lowest BCUT2D eigenvalue weighted by atomic mass is 10.00. The van der Waals surface area contributed by atoms with Gasteiger partial charge in [0.25, 0.3) is 0 Å². The number of carboxylic acid groups (broad SMARTS) is 1. The molecule has 94 valence electrons. The van der Waals surface area contributed by atoms with Crippen LogP contribution in [-0.2, 0) is 0 Å². The molecule has 0 amide bonds. The molecular weight excluding hydrogens is 246 g/mol. The van der Waals surface area contributed by atoms with Crippen LogP contribution in [0.25, 0.3) is 10.4 Å². The zero-order valence-corrected chi connectivity index (χ0v) is 11.4. The number of benzene rings is 1. The van der Waals surface area contributed by atoms with Crippen molar-refractivity contribution in [3.05, 3.63) is 39.8 Å². The summed E-state index contributed by atoms with van der Waals surface area (Å²) in [5.41, 5.74) is 10.7. The number of aromatic carboxylic acids is 1. The zero-order valence-electron chi connectivity index (χ0n) is 10.6. The monoisotopic (exact) mass is 261 g/mol. The van der Waals surface area contributed by atoms with Gasteiger partial charge in [-0.3, -0.25) is 0 Å². The molecule has 18 heavy (non-hydrogen) atoms. The van der Waals surface area contributed by atoms with E-state index < -0.39 is 5.97 Å². The van der Waals surface area contributed by atoms with Crippen LogP contribution in [0.2, 0.25) is 0 Å². The first-order valence-electron chi connectivity index (χ1n) is 5.61. The SMILES string of the molecule is Cc1cc(C)c(-c2cc(N)c(C(=O)O)s2)cc1C. The first-order valence-corrected chi connectivity index (χ1v) is 6.42. The van der Waals surface area contributed by atoms with Gasteiger partial charge in [0.1, 0.15) is 4.88 Å². The highest BCUT2D eigenvalue weighted by molar-refractivity contribution is 7.18. The summed E-state index contributed by atoms with van der Waals surface area (Å²) in [7, 11) is 0. The van der Waals surface area contributed by atoms with Crippen LogP contribution in [-0.4, -0.2) is 11.1 Å². The molecule has 1 heterocycles. The van der Waals surface area contributed by atoms with E-state index in [1.165, 1.54) is 22.5 Å². The second-order valence-corrected chi connectivity index (χ2v) is 5.50. The lowest BCUT2D eigenvalue weighted by molar-refractivity contribution is 0.0703. The Hall–Kier alpha value is -1.81. The number of rotatable bonds is 2. The van der Waals surface area contributed by atoms with E-state index in [-0.39, 0.29) is 4.88 Å². The molecular formula is C14H15NO2S. The number of carboxylic acids is 1. The Morgan fingerprint density at radius 3 is 2.28 bits per heavy atom. The molecule has 0 fully saturated rings. The molecule has 0 spiro atoms. The van der Waals surface area contributed by atoms with Crippen LogP contribution in [0, 0.1) is 20.8 Å². The minimum Gasteiger partial charge on any atom is -0.477 e. The molecule has 2 rings (SSSR count). The van der Waals surface area contributed by atoms with E-state index in [1.54, 1.807) is 6.07 Å². The van der Waals surface area contributed by atoms with Gasteiger partial charge >= 0.3 is 5.97 Å². The van der Waals surface area contributed by atoms with E-state index in [2.05, 4.69) is 19.1 Å². The molecule has 0 bridgehead atoms. The van der Waals surface area contributed by atoms with Crippen LogP contribution in [0.3, 0.4) is 0 Å². The van der Waals surface area contributed by atoms with Gasteiger partial charge in [0.05, 0.1) is 5.69 Å². The largest absolute Gasteiger partial charge is 0.477 e. The summed E-state index contributed by atoms with van der Waals surface area (Å²) in [6.45, 7) is 6.14. The van der Waals surface area contributed by atoms with Gasteiger partial charge in [0, 0.05) is 4.88 Å². The first kappa shape index (κ1) is 12.6. The van der Waals surface area contributed by atoms with Crippen LogP contribution in [0.15, 0.2) is 18.2 Å². The number of anilines is 1. The van der Waals surface area contributed by atoms with Crippen molar-refractivity contribution >= 4 is 23.0 Å². The molecule has 3 N–H and O–H groups in total. The van der Waals surface area contributed by atoms with Gasteiger partial charge < -0.3 is 10.8 Å². The number of hydrogen-bond acceptors (Lipinski definition) is 3. The minimum absolute atomic E-state index is 0.211. The fourth-order valence-corrected chi connectivity index (χ4v) is 2.93. The molecule has 0 saturated heterocycles. The summed E-state index contributed by atoms with van der Waals surface area (Å²) in [5.74, 6) is -0.967. The van der Waals surface area contributed by atoms with Crippen LogP contribution in [0.5, 0.6) is 0 Å². The van der Waals surface area contributed by atoms with Gasteiger partial charge in [-0.05, 0) is 49.1 Å². The quantitative estimate of drug-likeness (QED) is 0.867. The lowest BCUT2D eigenvalue weighted by Crippen LogP contribution is -1.96. The summed E-state index contributed by atoms with van der Waals surface area (Å²) < 4.78 is 0. The van der Waals surface area contributed by atoms with Gasteiger partial charge in [-0.1, -0.05) is 12.1 Å². The Balaban J connectivity index is 2.59. The predicted molar refractivity (Wildman–Crippen MR) is 75.3 cm³/mol. The number of nitrogen functional groups attached to an aromatic ring is 1. The third kappa shape index (κ3) is 2.11. The van der Waals surface area contributed by atoms with Crippen molar-refractivity contribution in [3.8, 4) is 10.4 Å². The smallest absolute Gasteiger partial charge is 0.348 e. The third-order valence-corrected chi connectivity index (χ3v) is 4.23. The van der Waals surface area contributed by atoms with Crippen molar-refractivity contribution in [1.82, 2.24) is 0 Å². The second kappa shape index (κ2) is 4.46. The molecule has 0 unspecified atom stereocenters. The molecule has 0 radical (unpaired) electrons. The highest BCUT2D eigenvalue weighted by Crippen LogP contribution is 2.35. The predicted octanol–water partition coefficient (Wildman–Crippen LogP) is 3.62. The van der Waals surface area contributed by atoms with Gasteiger partial charge in [0.15, 0.2) is 0 Å². The Morgan fingerprint density at radius 2 is 1.72 bits per heavy atom. The topological polar surface area (TPSA) is 63.3 Å². The van der Waals surface area contributed by atoms with Crippen molar-refractivity contribution in [3.63, 3.8) is 0 Å². The molecule has 2 aromatic rings. The maximum absolute atomic E-state index is 11.0. The van der Waals surface area contributed by atoms with E-state index in [0.717, 1.165) is 16.0 Å². The fourth-order valence-electron chi connectivity index (χ4n) is 1.93. The van der Waals surface area contributed by atoms with Crippen molar-refractivity contribution in [2.45, 2.75) is 20.8 Å². The van der Waals surface area contributed by atoms with Gasteiger partial charge in [-0.25, -0.2) is 4.79 Å². The van der Waals surface area contributed by atoms with Crippen LogP contribution >= 0.6 is 11.3 Å². The molecule has 3 nitrogen and oxygen atoms in total. The summed E-state index contributed by atoms with van der Waals surface area (Å²) in [5, 5.41) is 9.02. The Morgan fingerprint density at radius 1 is 1.11 bits per heavy atom. The van der Waals surface area contributed by atoms with Crippen molar-refractivity contribution in [2.24, 2.45) is 0 Å². The fraction of sp³-hybridized carbons (Fsp3) is 0.214. The summed E-state index contributed by atoms with van der Waals surface area (Å²) in [4.78, 5) is 12.1. The Bertz CT molecular complexity index is 629. The Labute approximate surface area is 110 Å². The molecule has 0 atom stereocenters. The number of aryl methyl sites for hydroxylation is 3. The van der Waals surface area contributed by atoms with Crippen molar-refractivity contribution < 1.29 is 9.90 Å². The molecule has 0 aliphatic heterocycles. The first-order chi connectivity index (χ1) is 8.40. The highest BCUT2D eigenvalue weighted by atomic mass is 32.1. The number of hydrogen-bond donors (Lipinski definition) is 2.